The minimum atomic E-state index is -0.834. The van der Waals surface area contributed by atoms with Crippen molar-refractivity contribution in [3.63, 3.8) is 0 Å². The zero-order valence-corrected chi connectivity index (χ0v) is 10.4. The Morgan fingerprint density at radius 1 is 1.44 bits per heavy atom. The molecule has 1 aromatic rings. The summed E-state index contributed by atoms with van der Waals surface area (Å²) in [6.07, 6.45) is 1.52. The summed E-state index contributed by atoms with van der Waals surface area (Å²) in [5, 5.41) is 22.7. The molecule has 0 aliphatic heterocycles. The number of hydrogen-bond acceptors (Lipinski definition) is 4. The van der Waals surface area contributed by atoms with Crippen LogP contribution in [-0.2, 0) is 9.59 Å². The first kappa shape index (κ1) is 12.6. The molecule has 2 rings (SSSR count). The fraction of sp³-hybridized carbons (Fsp3) is 0.417. The second-order valence-electron chi connectivity index (χ2n) is 4.31. The lowest BCUT2D eigenvalue weighted by molar-refractivity contribution is -0.141. The Bertz CT molecular complexity index is 518. The minimum absolute atomic E-state index is 0.183. The van der Waals surface area contributed by atoms with E-state index in [0.717, 1.165) is 0 Å². The molecule has 1 fully saturated rings. The Hall–Kier alpha value is -1.87. The number of carboxylic acid groups (broad SMARTS) is 1. The van der Waals surface area contributed by atoms with Crippen LogP contribution in [-0.4, -0.2) is 17.0 Å². The molecular formula is C12H12N2O3S. The smallest absolute Gasteiger partial charge is 0.306 e. The molecule has 1 amide bonds. The highest BCUT2D eigenvalue weighted by Crippen LogP contribution is 2.32. The van der Waals surface area contributed by atoms with E-state index in [2.05, 4.69) is 5.32 Å². The first-order chi connectivity index (χ1) is 8.61. The maximum Gasteiger partial charge on any atom is 0.306 e. The van der Waals surface area contributed by atoms with Crippen LogP contribution in [0, 0.1) is 23.2 Å². The van der Waals surface area contributed by atoms with Crippen LogP contribution in [0.3, 0.4) is 0 Å². The van der Waals surface area contributed by atoms with Gasteiger partial charge in [-0.25, -0.2) is 0 Å². The Morgan fingerprint density at radius 2 is 2.17 bits per heavy atom. The molecule has 2 N–H and O–H groups in total. The van der Waals surface area contributed by atoms with Gasteiger partial charge in [-0.05, 0) is 30.7 Å². The van der Waals surface area contributed by atoms with Crippen molar-refractivity contribution in [2.75, 3.05) is 5.32 Å². The number of amides is 1. The number of carbonyl (C=O) groups excluding carboxylic acids is 1. The van der Waals surface area contributed by atoms with Gasteiger partial charge in [-0.1, -0.05) is 0 Å². The predicted octanol–water partition coefficient (Wildman–Crippen LogP) is 2.06. The summed E-state index contributed by atoms with van der Waals surface area (Å²) in [5.41, 5.74) is 0.445. The maximum absolute atomic E-state index is 11.9. The van der Waals surface area contributed by atoms with Crippen molar-refractivity contribution in [3.8, 4) is 6.07 Å². The maximum atomic E-state index is 11.9. The van der Waals surface area contributed by atoms with Gasteiger partial charge in [-0.2, -0.15) is 5.26 Å². The van der Waals surface area contributed by atoms with Gasteiger partial charge < -0.3 is 10.4 Å². The van der Waals surface area contributed by atoms with E-state index >= 15 is 0 Å². The number of anilines is 1. The number of thiophene rings is 1. The minimum Gasteiger partial charge on any atom is -0.481 e. The van der Waals surface area contributed by atoms with E-state index in [-0.39, 0.29) is 11.8 Å². The third kappa shape index (κ3) is 2.51. The van der Waals surface area contributed by atoms with Gasteiger partial charge in [0, 0.05) is 5.92 Å². The van der Waals surface area contributed by atoms with Crippen molar-refractivity contribution in [2.45, 2.75) is 19.3 Å². The van der Waals surface area contributed by atoms with Gasteiger partial charge in [0.15, 0.2) is 0 Å². The average molecular weight is 264 g/mol. The number of nitrogens with one attached hydrogen (secondary N) is 1. The molecule has 0 radical (unpaired) electrons. The molecule has 2 unspecified atom stereocenters. The van der Waals surface area contributed by atoms with E-state index in [1.165, 1.54) is 11.3 Å². The van der Waals surface area contributed by atoms with Crippen molar-refractivity contribution in [3.05, 3.63) is 17.0 Å². The third-order valence-corrected chi connectivity index (χ3v) is 4.00. The van der Waals surface area contributed by atoms with Gasteiger partial charge in [0.1, 0.15) is 11.1 Å². The summed E-state index contributed by atoms with van der Waals surface area (Å²) >= 11 is 1.30. The van der Waals surface area contributed by atoms with Gasteiger partial charge in [0.2, 0.25) is 5.91 Å². The number of nitriles is 1. The molecule has 0 spiro atoms. The monoisotopic (exact) mass is 264 g/mol. The molecule has 94 valence electrons. The molecule has 18 heavy (non-hydrogen) atoms. The lowest BCUT2D eigenvalue weighted by Gasteiger charge is -2.09. The molecule has 0 saturated heterocycles. The van der Waals surface area contributed by atoms with E-state index in [1.807, 2.05) is 6.07 Å². The topological polar surface area (TPSA) is 90.2 Å². The molecule has 5 nitrogen and oxygen atoms in total. The van der Waals surface area contributed by atoms with Crippen LogP contribution in [0.4, 0.5) is 5.00 Å². The van der Waals surface area contributed by atoms with Crippen LogP contribution in [0.5, 0.6) is 0 Å². The second kappa shape index (κ2) is 5.19. The molecule has 1 heterocycles. The standard InChI is InChI=1S/C12H12N2O3S/c13-6-9-3-4-18-11(9)14-10(15)7-1-2-8(5-7)12(16)17/h3-4,7-8H,1-2,5H2,(H,14,15)(H,16,17). The Labute approximate surface area is 108 Å². The van der Waals surface area contributed by atoms with Crippen molar-refractivity contribution < 1.29 is 14.7 Å². The van der Waals surface area contributed by atoms with Crippen molar-refractivity contribution in [2.24, 2.45) is 11.8 Å². The van der Waals surface area contributed by atoms with Crippen LogP contribution < -0.4 is 5.32 Å². The van der Waals surface area contributed by atoms with Gasteiger partial charge in [0.25, 0.3) is 0 Å². The van der Waals surface area contributed by atoms with Crippen LogP contribution in [0.2, 0.25) is 0 Å². The van der Waals surface area contributed by atoms with Gasteiger partial charge in [-0.15, -0.1) is 11.3 Å². The molecule has 2 atom stereocenters. The number of carboxylic acids is 1. The van der Waals surface area contributed by atoms with E-state index in [9.17, 15) is 9.59 Å². The summed E-state index contributed by atoms with van der Waals surface area (Å²) in [5.74, 6) is -1.70. The second-order valence-corrected chi connectivity index (χ2v) is 5.23. The van der Waals surface area contributed by atoms with E-state index in [1.54, 1.807) is 11.4 Å². The van der Waals surface area contributed by atoms with Crippen LogP contribution in [0.1, 0.15) is 24.8 Å². The predicted molar refractivity (Wildman–Crippen MR) is 66.1 cm³/mol. The molecule has 0 bridgehead atoms. The summed E-state index contributed by atoms with van der Waals surface area (Å²) in [7, 11) is 0. The fourth-order valence-electron chi connectivity index (χ4n) is 2.15. The van der Waals surface area contributed by atoms with Crippen molar-refractivity contribution in [1.29, 1.82) is 5.26 Å². The number of carbonyl (C=O) groups is 2. The number of aliphatic carboxylic acids is 1. The average Bonchev–Trinajstić information content (AvgIpc) is 2.96. The summed E-state index contributed by atoms with van der Waals surface area (Å²) in [6, 6.07) is 3.65. The molecule has 1 aliphatic rings. The lowest BCUT2D eigenvalue weighted by atomic mass is 10.0. The van der Waals surface area contributed by atoms with Crippen molar-refractivity contribution >= 4 is 28.2 Å². The number of hydrogen-bond donors (Lipinski definition) is 2. The number of nitrogens with zero attached hydrogens (tertiary/aromatic N) is 1. The quantitative estimate of drug-likeness (QED) is 0.874. The van der Waals surface area contributed by atoms with Crippen LogP contribution >= 0.6 is 11.3 Å². The molecule has 6 heteroatoms. The zero-order chi connectivity index (χ0) is 13.1. The van der Waals surface area contributed by atoms with E-state index in [4.69, 9.17) is 10.4 Å². The first-order valence-corrected chi connectivity index (χ1v) is 6.51. The Kier molecular flexibility index (Phi) is 3.63. The largest absolute Gasteiger partial charge is 0.481 e. The molecule has 1 aliphatic carbocycles. The molecular weight excluding hydrogens is 252 g/mol. The molecule has 1 saturated carbocycles. The molecule has 1 aromatic heterocycles. The highest BCUT2D eigenvalue weighted by atomic mass is 32.1. The van der Waals surface area contributed by atoms with Gasteiger partial charge in [0.05, 0.1) is 11.5 Å². The third-order valence-electron chi connectivity index (χ3n) is 3.18. The SMILES string of the molecule is N#Cc1ccsc1NC(=O)C1CCC(C(=O)O)C1. The summed E-state index contributed by atoms with van der Waals surface area (Å²) < 4.78 is 0. The first-order valence-electron chi connectivity index (χ1n) is 5.63. The number of rotatable bonds is 3. The highest BCUT2D eigenvalue weighted by molar-refractivity contribution is 7.14. The van der Waals surface area contributed by atoms with E-state index < -0.39 is 11.9 Å². The molecule has 0 aromatic carbocycles. The lowest BCUT2D eigenvalue weighted by Crippen LogP contribution is -2.21. The Morgan fingerprint density at radius 3 is 2.78 bits per heavy atom. The van der Waals surface area contributed by atoms with E-state index in [0.29, 0.717) is 29.8 Å². The van der Waals surface area contributed by atoms with Crippen LogP contribution in [0.25, 0.3) is 0 Å². The van der Waals surface area contributed by atoms with Crippen molar-refractivity contribution in [1.82, 2.24) is 0 Å². The highest BCUT2D eigenvalue weighted by Gasteiger charge is 2.34. The normalized spacial score (nSPS) is 22.4. The van der Waals surface area contributed by atoms with Gasteiger partial charge >= 0.3 is 5.97 Å². The summed E-state index contributed by atoms with van der Waals surface area (Å²) in [4.78, 5) is 22.8. The Balaban J connectivity index is 1.98. The summed E-state index contributed by atoms with van der Waals surface area (Å²) in [6.45, 7) is 0. The van der Waals surface area contributed by atoms with Crippen LogP contribution in [0.15, 0.2) is 11.4 Å². The zero-order valence-electron chi connectivity index (χ0n) is 9.55. The fourth-order valence-corrected chi connectivity index (χ4v) is 2.89. The van der Waals surface area contributed by atoms with Gasteiger partial charge in [-0.3, -0.25) is 9.59 Å².